The van der Waals surface area contributed by atoms with E-state index in [0.29, 0.717) is 0 Å². The molecular weight excluding hydrogens is 264 g/mol. The predicted octanol–water partition coefficient (Wildman–Crippen LogP) is 2.27. The second-order valence-corrected chi connectivity index (χ2v) is 3.86. The third-order valence-electron chi connectivity index (χ3n) is 2.55. The Morgan fingerprint density at radius 1 is 1.30 bits per heavy atom. The normalized spacial score (nSPS) is 10.0. The zero-order chi connectivity index (χ0) is 14.5. The number of ether oxygens (including phenoxy) is 1. The van der Waals surface area contributed by atoms with E-state index in [0.717, 1.165) is 5.56 Å². The number of benzene rings is 1. The number of nitrogens with zero attached hydrogens (tertiary/aromatic N) is 2. The minimum Gasteiger partial charge on any atom is -0.481 e. The van der Waals surface area contributed by atoms with Crippen LogP contribution in [0.3, 0.4) is 0 Å². The molecule has 0 atom stereocenters. The SMILES string of the molecule is O=C(O)c1cccc([N+](=O)[O-])c1OCc1ccncc1. The van der Waals surface area contributed by atoms with Gasteiger partial charge in [0, 0.05) is 18.5 Å². The molecule has 0 unspecified atom stereocenters. The van der Waals surface area contributed by atoms with E-state index in [4.69, 9.17) is 9.84 Å². The van der Waals surface area contributed by atoms with Crippen molar-refractivity contribution in [1.29, 1.82) is 0 Å². The summed E-state index contributed by atoms with van der Waals surface area (Å²) in [5.41, 5.74) is 0.113. The molecule has 0 aliphatic carbocycles. The molecule has 1 heterocycles. The fourth-order valence-electron chi connectivity index (χ4n) is 1.62. The van der Waals surface area contributed by atoms with E-state index in [2.05, 4.69) is 4.98 Å². The minimum absolute atomic E-state index is 0.0215. The third kappa shape index (κ3) is 2.89. The van der Waals surface area contributed by atoms with Gasteiger partial charge >= 0.3 is 11.7 Å². The van der Waals surface area contributed by atoms with Gasteiger partial charge in [-0.15, -0.1) is 0 Å². The van der Waals surface area contributed by atoms with Gasteiger partial charge in [0.2, 0.25) is 5.75 Å². The van der Waals surface area contributed by atoms with Gasteiger partial charge in [-0.3, -0.25) is 15.1 Å². The summed E-state index contributed by atoms with van der Waals surface area (Å²) in [5.74, 6) is -1.53. The maximum Gasteiger partial charge on any atom is 0.339 e. The quantitative estimate of drug-likeness (QED) is 0.662. The molecule has 0 aliphatic rings. The van der Waals surface area contributed by atoms with Crippen molar-refractivity contribution in [3.63, 3.8) is 0 Å². The van der Waals surface area contributed by atoms with Crippen molar-refractivity contribution in [3.05, 3.63) is 64.0 Å². The smallest absolute Gasteiger partial charge is 0.339 e. The molecule has 0 amide bonds. The molecule has 0 fully saturated rings. The molecule has 2 rings (SSSR count). The largest absolute Gasteiger partial charge is 0.481 e. The number of carboxylic acid groups (broad SMARTS) is 1. The molecule has 2 aromatic rings. The number of carboxylic acids is 1. The van der Waals surface area contributed by atoms with E-state index in [-0.39, 0.29) is 23.6 Å². The number of hydrogen-bond acceptors (Lipinski definition) is 5. The van der Waals surface area contributed by atoms with E-state index < -0.39 is 10.9 Å². The summed E-state index contributed by atoms with van der Waals surface area (Å²) in [5, 5.41) is 20.0. The summed E-state index contributed by atoms with van der Waals surface area (Å²) in [7, 11) is 0. The average molecular weight is 274 g/mol. The van der Waals surface area contributed by atoms with Crippen LogP contribution in [0.2, 0.25) is 0 Å². The zero-order valence-corrected chi connectivity index (χ0v) is 10.2. The first-order valence-electron chi connectivity index (χ1n) is 5.62. The Kier molecular flexibility index (Phi) is 3.90. The Hall–Kier alpha value is -2.96. The second kappa shape index (κ2) is 5.79. The lowest BCUT2D eigenvalue weighted by atomic mass is 10.1. The zero-order valence-electron chi connectivity index (χ0n) is 10.2. The Morgan fingerprint density at radius 3 is 2.60 bits per heavy atom. The molecule has 0 spiro atoms. The summed E-state index contributed by atoms with van der Waals surface area (Å²) in [6.07, 6.45) is 3.10. The molecule has 1 aromatic heterocycles. The van der Waals surface area contributed by atoms with Crippen LogP contribution in [-0.2, 0) is 6.61 Å². The van der Waals surface area contributed by atoms with Gasteiger partial charge in [-0.1, -0.05) is 6.07 Å². The monoisotopic (exact) mass is 274 g/mol. The molecular formula is C13H10N2O5. The first kappa shape index (κ1) is 13.5. The van der Waals surface area contributed by atoms with Crippen LogP contribution >= 0.6 is 0 Å². The van der Waals surface area contributed by atoms with E-state index in [9.17, 15) is 14.9 Å². The van der Waals surface area contributed by atoms with Crippen molar-refractivity contribution in [2.24, 2.45) is 0 Å². The van der Waals surface area contributed by atoms with Crippen molar-refractivity contribution >= 4 is 11.7 Å². The number of nitro benzene ring substituents is 1. The van der Waals surface area contributed by atoms with Gasteiger partial charge in [0.15, 0.2) is 0 Å². The minimum atomic E-state index is -1.28. The van der Waals surface area contributed by atoms with Crippen molar-refractivity contribution in [2.75, 3.05) is 0 Å². The lowest BCUT2D eigenvalue weighted by Crippen LogP contribution is -2.06. The topological polar surface area (TPSA) is 103 Å². The van der Waals surface area contributed by atoms with E-state index >= 15 is 0 Å². The maximum absolute atomic E-state index is 11.1. The van der Waals surface area contributed by atoms with Gasteiger partial charge in [-0.25, -0.2) is 4.79 Å². The molecule has 7 heteroatoms. The van der Waals surface area contributed by atoms with Crippen LogP contribution in [0.4, 0.5) is 5.69 Å². The van der Waals surface area contributed by atoms with Gasteiger partial charge in [-0.2, -0.15) is 0 Å². The number of nitro groups is 1. The molecule has 1 aromatic carbocycles. The lowest BCUT2D eigenvalue weighted by molar-refractivity contribution is -0.386. The predicted molar refractivity (Wildman–Crippen MR) is 68.6 cm³/mol. The molecule has 7 nitrogen and oxygen atoms in total. The molecule has 0 bridgehead atoms. The van der Waals surface area contributed by atoms with Crippen LogP contribution in [0.1, 0.15) is 15.9 Å². The van der Waals surface area contributed by atoms with Crippen LogP contribution in [0.5, 0.6) is 5.75 Å². The van der Waals surface area contributed by atoms with Crippen LogP contribution in [0.15, 0.2) is 42.7 Å². The molecule has 0 saturated carbocycles. The highest BCUT2D eigenvalue weighted by Gasteiger charge is 2.22. The van der Waals surface area contributed by atoms with E-state index in [1.54, 1.807) is 24.5 Å². The van der Waals surface area contributed by atoms with Gasteiger partial charge in [0.1, 0.15) is 12.2 Å². The van der Waals surface area contributed by atoms with Gasteiger partial charge in [0.05, 0.1) is 4.92 Å². The summed E-state index contributed by atoms with van der Waals surface area (Å²) < 4.78 is 5.33. The van der Waals surface area contributed by atoms with Crippen LogP contribution in [0, 0.1) is 10.1 Å². The lowest BCUT2D eigenvalue weighted by Gasteiger charge is -2.09. The fraction of sp³-hybridized carbons (Fsp3) is 0.0769. The Balaban J connectivity index is 2.33. The van der Waals surface area contributed by atoms with Crippen molar-refractivity contribution in [2.45, 2.75) is 6.61 Å². The number of aromatic nitrogens is 1. The molecule has 20 heavy (non-hydrogen) atoms. The second-order valence-electron chi connectivity index (χ2n) is 3.86. The van der Waals surface area contributed by atoms with Crippen molar-refractivity contribution < 1.29 is 19.6 Å². The number of rotatable bonds is 5. The number of carbonyl (C=O) groups is 1. The Labute approximate surface area is 113 Å². The molecule has 1 N–H and O–H groups in total. The molecule has 0 aliphatic heterocycles. The average Bonchev–Trinajstić information content (AvgIpc) is 2.45. The number of hydrogen-bond donors (Lipinski definition) is 1. The first-order valence-corrected chi connectivity index (χ1v) is 5.62. The van der Waals surface area contributed by atoms with Crippen molar-refractivity contribution in [1.82, 2.24) is 4.98 Å². The fourth-order valence-corrected chi connectivity index (χ4v) is 1.62. The number of pyridine rings is 1. The summed E-state index contributed by atoms with van der Waals surface area (Å²) in [6.45, 7) is 0.0215. The van der Waals surface area contributed by atoms with E-state index in [1.807, 2.05) is 0 Å². The van der Waals surface area contributed by atoms with Crippen molar-refractivity contribution in [3.8, 4) is 5.75 Å². The Bertz CT molecular complexity index is 610. The van der Waals surface area contributed by atoms with Gasteiger partial charge < -0.3 is 9.84 Å². The maximum atomic E-state index is 11.1. The molecule has 102 valence electrons. The van der Waals surface area contributed by atoms with E-state index in [1.165, 1.54) is 18.2 Å². The molecule has 0 saturated heterocycles. The summed E-state index contributed by atoms with van der Waals surface area (Å²) in [4.78, 5) is 25.2. The highest BCUT2D eigenvalue weighted by Crippen LogP contribution is 2.31. The summed E-state index contributed by atoms with van der Waals surface area (Å²) in [6, 6.07) is 7.12. The number of para-hydroxylation sites is 1. The molecule has 0 radical (unpaired) electrons. The van der Waals surface area contributed by atoms with Crippen LogP contribution < -0.4 is 4.74 Å². The van der Waals surface area contributed by atoms with Gasteiger partial charge in [0.25, 0.3) is 0 Å². The standard InChI is InChI=1S/C13H10N2O5/c16-13(17)10-2-1-3-11(15(18)19)12(10)20-8-9-4-6-14-7-5-9/h1-7H,8H2,(H,16,17). The highest BCUT2D eigenvalue weighted by molar-refractivity contribution is 5.92. The van der Waals surface area contributed by atoms with Crippen LogP contribution in [-0.4, -0.2) is 21.0 Å². The third-order valence-corrected chi connectivity index (χ3v) is 2.55. The first-order chi connectivity index (χ1) is 9.59. The van der Waals surface area contributed by atoms with Crippen LogP contribution in [0.25, 0.3) is 0 Å². The summed E-state index contributed by atoms with van der Waals surface area (Å²) >= 11 is 0. The Morgan fingerprint density at radius 2 is 2.00 bits per heavy atom. The highest BCUT2D eigenvalue weighted by atomic mass is 16.6. The number of aromatic carboxylic acids is 1. The van der Waals surface area contributed by atoms with Gasteiger partial charge in [-0.05, 0) is 23.8 Å².